The molecule has 0 radical (unpaired) electrons. The molecular formula is C28H31N3S2. The van der Waals surface area contributed by atoms with E-state index in [1.165, 1.54) is 59.6 Å². The standard InChI is InChI=1S/C28H31N3S2/c1-20-16-18-31-27(26(30-28(31)29-20)22-8-12-24(32-2)13-9-22)23-10-14-25(15-11-23)33-19-17-21-6-4-3-5-7-21/h8-16,18,21H,3-7,17,19H2,1-2H3. The molecule has 2 heterocycles. The summed E-state index contributed by atoms with van der Waals surface area (Å²) in [7, 11) is 0. The highest BCUT2D eigenvalue weighted by molar-refractivity contribution is 7.99. The topological polar surface area (TPSA) is 30.2 Å². The summed E-state index contributed by atoms with van der Waals surface area (Å²) in [6.07, 6.45) is 12.7. The maximum atomic E-state index is 4.94. The molecule has 3 nitrogen and oxygen atoms in total. The Bertz CT molecular complexity index is 1210. The lowest BCUT2D eigenvalue weighted by Crippen LogP contribution is -2.06. The Morgan fingerprint density at radius 1 is 0.848 bits per heavy atom. The van der Waals surface area contributed by atoms with E-state index in [9.17, 15) is 0 Å². The number of aromatic nitrogens is 3. The lowest BCUT2D eigenvalue weighted by molar-refractivity contribution is 0.351. The Hall–Kier alpha value is -2.24. The van der Waals surface area contributed by atoms with Crippen molar-refractivity contribution in [2.45, 2.75) is 55.2 Å². The number of fused-ring (bicyclic) bond motifs is 1. The number of rotatable bonds is 7. The second-order valence-corrected chi connectivity index (χ2v) is 11.0. The molecule has 0 amide bonds. The first-order valence-corrected chi connectivity index (χ1v) is 14.2. The van der Waals surface area contributed by atoms with Crippen molar-refractivity contribution < 1.29 is 0 Å². The average Bonchev–Trinajstić information content (AvgIpc) is 3.23. The summed E-state index contributed by atoms with van der Waals surface area (Å²) < 4.78 is 2.12. The second-order valence-electron chi connectivity index (χ2n) is 8.94. The molecule has 2 aromatic heterocycles. The summed E-state index contributed by atoms with van der Waals surface area (Å²) >= 11 is 3.75. The summed E-state index contributed by atoms with van der Waals surface area (Å²) in [5, 5.41) is 0. The van der Waals surface area contributed by atoms with Gasteiger partial charge in [-0.05, 0) is 61.6 Å². The van der Waals surface area contributed by atoms with Gasteiger partial charge < -0.3 is 0 Å². The smallest absolute Gasteiger partial charge is 0.235 e. The quantitative estimate of drug-likeness (QED) is 0.253. The zero-order chi connectivity index (χ0) is 22.6. The molecule has 5 heteroatoms. The van der Waals surface area contributed by atoms with E-state index in [1.54, 1.807) is 11.8 Å². The summed E-state index contributed by atoms with van der Waals surface area (Å²) in [5.74, 6) is 2.91. The number of nitrogens with zero attached hydrogens (tertiary/aromatic N) is 3. The number of hydrogen-bond donors (Lipinski definition) is 0. The van der Waals surface area contributed by atoms with Gasteiger partial charge in [-0.25, -0.2) is 9.97 Å². The van der Waals surface area contributed by atoms with Gasteiger partial charge in [0.25, 0.3) is 0 Å². The molecule has 0 N–H and O–H groups in total. The molecule has 2 aromatic carbocycles. The first kappa shape index (κ1) is 22.5. The molecule has 0 unspecified atom stereocenters. The van der Waals surface area contributed by atoms with Crippen molar-refractivity contribution in [3.63, 3.8) is 0 Å². The molecule has 0 spiro atoms. The van der Waals surface area contributed by atoms with Gasteiger partial charge in [-0.15, -0.1) is 23.5 Å². The van der Waals surface area contributed by atoms with Crippen molar-refractivity contribution in [3.8, 4) is 22.5 Å². The molecular weight excluding hydrogens is 442 g/mol. The molecule has 1 fully saturated rings. The molecule has 0 saturated heterocycles. The Balaban J connectivity index is 1.41. The number of thioether (sulfide) groups is 2. The van der Waals surface area contributed by atoms with Crippen LogP contribution in [0.5, 0.6) is 0 Å². The van der Waals surface area contributed by atoms with Gasteiger partial charge >= 0.3 is 0 Å². The van der Waals surface area contributed by atoms with Crippen LogP contribution in [0.25, 0.3) is 28.3 Å². The van der Waals surface area contributed by atoms with Crippen LogP contribution in [0.2, 0.25) is 0 Å². The van der Waals surface area contributed by atoms with Crippen molar-refractivity contribution in [2.75, 3.05) is 12.0 Å². The number of hydrogen-bond acceptors (Lipinski definition) is 4. The van der Waals surface area contributed by atoms with Crippen molar-refractivity contribution >= 4 is 29.3 Å². The highest BCUT2D eigenvalue weighted by Crippen LogP contribution is 2.35. The van der Waals surface area contributed by atoms with Gasteiger partial charge in [0, 0.05) is 32.8 Å². The zero-order valence-electron chi connectivity index (χ0n) is 19.5. The van der Waals surface area contributed by atoms with Crippen LogP contribution >= 0.6 is 23.5 Å². The SMILES string of the molecule is CSc1ccc(-c2nc3nc(C)ccn3c2-c2ccc(SCCC3CCCCC3)cc2)cc1. The monoisotopic (exact) mass is 473 g/mol. The van der Waals surface area contributed by atoms with Crippen molar-refractivity contribution in [2.24, 2.45) is 5.92 Å². The maximum absolute atomic E-state index is 4.94. The minimum absolute atomic E-state index is 0.750. The lowest BCUT2D eigenvalue weighted by atomic mass is 9.88. The summed E-state index contributed by atoms with van der Waals surface area (Å²) in [4.78, 5) is 12.2. The van der Waals surface area contributed by atoms with E-state index < -0.39 is 0 Å². The van der Waals surface area contributed by atoms with Crippen LogP contribution in [-0.4, -0.2) is 26.4 Å². The summed E-state index contributed by atoms with van der Waals surface area (Å²) in [5.41, 5.74) is 5.37. The fourth-order valence-electron chi connectivity index (χ4n) is 4.77. The van der Waals surface area contributed by atoms with Crippen molar-refractivity contribution in [3.05, 3.63) is 66.5 Å². The molecule has 33 heavy (non-hydrogen) atoms. The van der Waals surface area contributed by atoms with E-state index in [2.05, 4.69) is 70.4 Å². The minimum atomic E-state index is 0.750. The fraction of sp³-hybridized carbons (Fsp3) is 0.357. The van der Waals surface area contributed by atoms with Gasteiger partial charge in [-0.3, -0.25) is 4.40 Å². The molecule has 1 aliphatic rings. The number of aryl methyl sites for hydroxylation is 1. The van der Waals surface area contributed by atoms with Crippen LogP contribution in [0.4, 0.5) is 0 Å². The third-order valence-electron chi connectivity index (χ3n) is 6.64. The Kier molecular flexibility index (Phi) is 7.07. The third kappa shape index (κ3) is 5.15. The highest BCUT2D eigenvalue weighted by Gasteiger charge is 2.17. The molecule has 170 valence electrons. The zero-order valence-corrected chi connectivity index (χ0v) is 21.1. The van der Waals surface area contributed by atoms with Crippen LogP contribution in [0.3, 0.4) is 0 Å². The van der Waals surface area contributed by atoms with Crippen molar-refractivity contribution in [1.82, 2.24) is 14.4 Å². The van der Waals surface area contributed by atoms with E-state index >= 15 is 0 Å². The summed E-state index contributed by atoms with van der Waals surface area (Å²) in [6, 6.07) is 19.7. The molecule has 0 bridgehead atoms. The normalized spacial score (nSPS) is 14.7. The second kappa shape index (κ2) is 10.4. The minimum Gasteiger partial charge on any atom is -0.283 e. The summed E-state index contributed by atoms with van der Waals surface area (Å²) in [6.45, 7) is 2.01. The van der Waals surface area contributed by atoms with Gasteiger partial charge in [0.15, 0.2) is 0 Å². The fourth-order valence-corrected chi connectivity index (χ4v) is 6.20. The average molecular weight is 474 g/mol. The van der Waals surface area contributed by atoms with Crippen LogP contribution < -0.4 is 0 Å². The van der Waals surface area contributed by atoms with Crippen LogP contribution in [0, 0.1) is 12.8 Å². The number of imidazole rings is 1. The molecule has 5 rings (SSSR count). The Labute approximate surface area is 205 Å². The lowest BCUT2D eigenvalue weighted by Gasteiger charge is -2.21. The van der Waals surface area contributed by atoms with E-state index in [0.717, 1.165) is 34.3 Å². The van der Waals surface area contributed by atoms with Crippen molar-refractivity contribution in [1.29, 1.82) is 0 Å². The van der Waals surface area contributed by atoms with Gasteiger partial charge in [-0.1, -0.05) is 56.4 Å². The van der Waals surface area contributed by atoms with E-state index in [-0.39, 0.29) is 0 Å². The molecule has 1 saturated carbocycles. The van der Waals surface area contributed by atoms with E-state index in [1.807, 2.05) is 24.8 Å². The maximum Gasteiger partial charge on any atom is 0.235 e. The molecule has 0 atom stereocenters. The Morgan fingerprint density at radius 3 is 2.27 bits per heavy atom. The van der Waals surface area contributed by atoms with Gasteiger partial charge in [0.2, 0.25) is 5.78 Å². The first-order chi connectivity index (χ1) is 16.2. The van der Waals surface area contributed by atoms with Gasteiger partial charge in [-0.2, -0.15) is 0 Å². The van der Waals surface area contributed by atoms with Crippen LogP contribution in [-0.2, 0) is 0 Å². The van der Waals surface area contributed by atoms with E-state index in [4.69, 9.17) is 4.98 Å². The Morgan fingerprint density at radius 2 is 1.55 bits per heavy atom. The molecule has 4 aromatic rings. The largest absolute Gasteiger partial charge is 0.283 e. The third-order valence-corrected chi connectivity index (χ3v) is 8.43. The van der Waals surface area contributed by atoms with Crippen LogP contribution in [0.1, 0.15) is 44.2 Å². The van der Waals surface area contributed by atoms with Gasteiger partial charge in [0.05, 0.1) is 11.4 Å². The first-order valence-electron chi connectivity index (χ1n) is 11.9. The number of benzene rings is 2. The molecule has 0 aliphatic heterocycles. The van der Waals surface area contributed by atoms with E-state index in [0.29, 0.717) is 0 Å². The van der Waals surface area contributed by atoms with Crippen LogP contribution in [0.15, 0.2) is 70.6 Å². The predicted molar refractivity (Wildman–Crippen MR) is 142 cm³/mol. The predicted octanol–water partition coefficient (Wildman–Crippen LogP) is 8.16. The van der Waals surface area contributed by atoms with Gasteiger partial charge in [0.1, 0.15) is 0 Å². The molecule has 1 aliphatic carbocycles. The highest BCUT2D eigenvalue weighted by atomic mass is 32.2.